The SMILES string of the molecule is CCCC(C)N(C)N=O. The van der Waals surface area contributed by atoms with E-state index in [0.717, 1.165) is 12.8 Å². The third-order valence-corrected chi connectivity index (χ3v) is 1.47. The van der Waals surface area contributed by atoms with Crippen molar-refractivity contribution in [2.24, 2.45) is 5.29 Å². The van der Waals surface area contributed by atoms with Gasteiger partial charge in [0.05, 0.1) is 5.29 Å². The van der Waals surface area contributed by atoms with Crippen molar-refractivity contribution in [2.45, 2.75) is 32.7 Å². The molecule has 0 saturated heterocycles. The molecule has 3 nitrogen and oxygen atoms in total. The molecule has 0 amide bonds. The second-order valence-corrected chi connectivity index (χ2v) is 2.29. The first kappa shape index (κ1) is 8.40. The summed E-state index contributed by atoms with van der Waals surface area (Å²) >= 11 is 0. The van der Waals surface area contributed by atoms with Crippen LogP contribution in [-0.2, 0) is 0 Å². The molecule has 54 valence electrons. The molecule has 3 heteroatoms. The van der Waals surface area contributed by atoms with Crippen molar-refractivity contribution in [2.75, 3.05) is 7.05 Å². The Balaban J connectivity index is 3.44. The number of hydrogen-bond acceptors (Lipinski definition) is 2. The van der Waals surface area contributed by atoms with E-state index >= 15 is 0 Å². The fourth-order valence-electron chi connectivity index (χ4n) is 0.685. The highest BCUT2D eigenvalue weighted by Gasteiger charge is 2.04. The van der Waals surface area contributed by atoms with E-state index in [-0.39, 0.29) is 6.04 Å². The van der Waals surface area contributed by atoms with Gasteiger partial charge in [0.1, 0.15) is 0 Å². The van der Waals surface area contributed by atoms with Gasteiger partial charge in [-0.2, -0.15) is 0 Å². The lowest BCUT2D eigenvalue weighted by molar-refractivity contribution is 0.253. The van der Waals surface area contributed by atoms with Gasteiger partial charge in [0, 0.05) is 13.1 Å². The third-order valence-electron chi connectivity index (χ3n) is 1.47. The summed E-state index contributed by atoms with van der Waals surface area (Å²) in [5.41, 5.74) is 0. The topological polar surface area (TPSA) is 32.7 Å². The smallest absolute Gasteiger partial charge is 0.0523 e. The highest BCUT2D eigenvalue weighted by molar-refractivity contribution is 4.56. The van der Waals surface area contributed by atoms with Crippen LogP contribution in [-0.4, -0.2) is 18.1 Å². The van der Waals surface area contributed by atoms with Crippen LogP contribution in [0.15, 0.2) is 5.29 Å². The highest BCUT2D eigenvalue weighted by atomic mass is 16.3. The Morgan fingerprint density at radius 3 is 2.56 bits per heavy atom. The van der Waals surface area contributed by atoms with Gasteiger partial charge in [-0.1, -0.05) is 13.3 Å². The summed E-state index contributed by atoms with van der Waals surface area (Å²) in [7, 11) is 1.70. The zero-order chi connectivity index (χ0) is 7.28. The largest absolute Gasteiger partial charge is 0.261 e. The van der Waals surface area contributed by atoms with Crippen LogP contribution >= 0.6 is 0 Å². The molecule has 0 saturated carbocycles. The first-order valence-corrected chi connectivity index (χ1v) is 3.28. The number of nitrogens with zero attached hydrogens (tertiary/aromatic N) is 2. The molecule has 0 aliphatic rings. The molecule has 0 N–H and O–H groups in total. The number of hydrogen-bond donors (Lipinski definition) is 0. The van der Waals surface area contributed by atoms with Gasteiger partial charge >= 0.3 is 0 Å². The lowest BCUT2D eigenvalue weighted by atomic mass is 10.2. The van der Waals surface area contributed by atoms with Gasteiger partial charge in [0.2, 0.25) is 0 Å². The Bertz CT molecular complexity index is 85.1. The maximum Gasteiger partial charge on any atom is 0.0523 e. The lowest BCUT2D eigenvalue weighted by Crippen LogP contribution is -2.22. The van der Waals surface area contributed by atoms with Gasteiger partial charge in [-0.3, -0.25) is 5.01 Å². The molecule has 0 aromatic heterocycles. The van der Waals surface area contributed by atoms with Crippen molar-refractivity contribution in [3.05, 3.63) is 4.91 Å². The third kappa shape index (κ3) is 3.06. The van der Waals surface area contributed by atoms with E-state index in [1.807, 2.05) is 6.92 Å². The van der Waals surface area contributed by atoms with E-state index in [1.165, 1.54) is 5.01 Å². The Hall–Kier alpha value is -0.600. The van der Waals surface area contributed by atoms with E-state index in [4.69, 9.17) is 0 Å². The van der Waals surface area contributed by atoms with Crippen molar-refractivity contribution in [1.29, 1.82) is 0 Å². The molecule has 0 aliphatic carbocycles. The molecule has 0 heterocycles. The van der Waals surface area contributed by atoms with Crippen molar-refractivity contribution >= 4 is 0 Å². The molecule has 0 radical (unpaired) electrons. The quantitative estimate of drug-likeness (QED) is 0.429. The van der Waals surface area contributed by atoms with Crippen LogP contribution < -0.4 is 0 Å². The van der Waals surface area contributed by atoms with E-state index in [2.05, 4.69) is 12.2 Å². The van der Waals surface area contributed by atoms with Crippen LogP contribution in [0.25, 0.3) is 0 Å². The molecule has 0 aliphatic heterocycles. The molecule has 0 fully saturated rings. The van der Waals surface area contributed by atoms with Crippen LogP contribution in [0.1, 0.15) is 26.7 Å². The number of nitroso groups, excluding NO2 is 1. The average Bonchev–Trinajstić information content (AvgIpc) is 1.87. The van der Waals surface area contributed by atoms with Gasteiger partial charge in [-0.05, 0) is 13.3 Å². The van der Waals surface area contributed by atoms with Crippen molar-refractivity contribution < 1.29 is 0 Å². The summed E-state index contributed by atoms with van der Waals surface area (Å²) in [4.78, 5) is 9.90. The molecule has 1 atom stereocenters. The molecule has 0 aromatic rings. The maximum absolute atomic E-state index is 9.90. The fourth-order valence-corrected chi connectivity index (χ4v) is 0.685. The predicted molar refractivity (Wildman–Crippen MR) is 37.9 cm³/mol. The molecule has 9 heavy (non-hydrogen) atoms. The monoisotopic (exact) mass is 130 g/mol. The maximum atomic E-state index is 9.90. The first-order valence-electron chi connectivity index (χ1n) is 3.28. The van der Waals surface area contributed by atoms with Crippen LogP contribution in [0.4, 0.5) is 0 Å². The van der Waals surface area contributed by atoms with Crippen LogP contribution in [0.3, 0.4) is 0 Å². The predicted octanol–water partition coefficient (Wildman–Crippen LogP) is 1.79. The van der Waals surface area contributed by atoms with Crippen LogP contribution in [0.2, 0.25) is 0 Å². The zero-order valence-electron chi connectivity index (χ0n) is 6.29. The summed E-state index contributed by atoms with van der Waals surface area (Å²) < 4.78 is 0. The van der Waals surface area contributed by atoms with Gasteiger partial charge < -0.3 is 0 Å². The Kier molecular flexibility index (Phi) is 4.01. The summed E-state index contributed by atoms with van der Waals surface area (Å²) in [6.45, 7) is 4.08. The fraction of sp³-hybridized carbons (Fsp3) is 1.00. The van der Waals surface area contributed by atoms with Gasteiger partial charge in [-0.25, -0.2) is 0 Å². The first-order chi connectivity index (χ1) is 4.22. The van der Waals surface area contributed by atoms with E-state index in [1.54, 1.807) is 7.05 Å². The Morgan fingerprint density at radius 2 is 2.22 bits per heavy atom. The average molecular weight is 130 g/mol. The van der Waals surface area contributed by atoms with Gasteiger partial charge in [-0.15, -0.1) is 4.91 Å². The molecular formula is C6H14N2O. The Labute approximate surface area is 56.0 Å². The second kappa shape index (κ2) is 4.30. The lowest BCUT2D eigenvalue weighted by Gasteiger charge is -2.16. The van der Waals surface area contributed by atoms with Crippen molar-refractivity contribution in [3.63, 3.8) is 0 Å². The molecule has 0 rings (SSSR count). The van der Waals surface area contributed by atoms with Crippen LogP contribution in [0, 0.1) is 4.91 Å². The standard InChI is InChI=1S/C6H14N2O/c1-4-5-6(2)8(3)7-9/h6H,4-5H2,1-3H3. The minimum atomic E-state index is 0.285. The summed E-state index contributed by atoms with van der Waals surface area (Å²) in [6, 6.07) is 0.285. The van der Waals surface area contributed by atoms with Gasteiger partial charge in [0.15, 0.2) is 0 Å². The zero-order valence-corrected chi connectivity index (χ0v) is 6.29. The minimum absolute atomic E-state index is 0.285. The van der Waals surface area contributed by atoms with E-state index in [9.17, 15) is 4.91 Å². The molecule has 1 unspecified atom stereocenters. The molecule has 0 bridgehead atoms. The van der Waals surface area contributed by atoms with E-state index in [0.29, 0.717) is 0 Å². The second-order valence-electron chi connectivity index (χ2n) is 2.29. The van der Waals surface area contributed by atoms with Gasteiger partial charge in [0.25, 0.3) is 0 Å². The summed E-state index contributed by atoms with van der Waals surface area (Å²) in [5, 5.41) is 4.24. The number of rotatable bonds is 4. The van der Waals surface area contributed by atoms with E-state index < -0.39 is 0 Å². The van der Waals surface area contributed by atoms with Crippen molar-refractivity contribution in [1.82, 2.24) is 5.01 Å². The van der Waals surface area contributed by atoms with Crippen molar-refractivity contribution in [3.8, 4) is 0 Å². The summed E-state index contributed by atoms with van der Waals surface area (Å²) in [6.07, 6.45) is 2.13. The minimum Gasteiger partial charge on any atom is -0.261 e. The molecular weight excluding hydrogens is 116 g/mol. The van der Waals surface area contributed by atoms with Crippen LogP contribution in [0.5, 0.6) is 0 Å². The Morgan fingerprint density at radius 1 is 1.67 bits per heavy atom. The highest BCUT2D eigenvalue weighted by Crippen LogP contribution is 2.02. The normalized spacial score (nSPS) is 12.8. The molecule has 0 spiro atoms. The summed E-state index contributed by atoms with van der Waals surface area (Å²) in [5.74, 6) is 0. The molecule has 0 aromatic carbocycles.